The highest BCUT2D eigenvalue weighted by molar-refractivity contribution is 7.21. The topological polar surface area (TPSA) is 110 Å². The largest absolute Gasteiger partial charge is 0.461 e. The fourth-order valence-electron chi connectivity index (χ4n) is 3.86. The van der Waals surface area contributed by atoms with Crippen molar-refractivity contribution in [2.75, 3.05) is 18.4 Å². The number of pyridine rings is 1. The fraction of sp³-hybridized carbons (Fsp3) is 0.333. The van der Waals surface area contributed by atoms with Gasteiger partial charge >= 0.3 is 12.0 Å². The van der Waals surface area contributed by atoms with Crippen molar-refractivity contribution in [3.63, 3.8) is 0 Å². The summed E-state index contributed by atoms with van der Waals surface area (Å²) < 4.78 is 26.4. The second kappa shape index (κ2) is 9.49. The number of hydrogen-bond acceptors (Lipinski definition) is 7. The maximum absolute atomic E-state index is 14.7. The van der Waals surface area contributed by atoms with E-state index in [-0.39, 0.29) is 35.8 Å². The minimum Gasteiger partial charge on any atom is -0.461 e. The first-order valence-corrected chi connectivity index (χ1v) is 12.1. The van der Waals surface area contributed by atoms with E-state index in [4.69, 9.17) is 9.47 Å². The first kappa shape index (κ1) is 23.0. The van der Waals surface area contributed by atoms with Gasteiger partial charge in [-0.2, -0.15) is 0 Å². The number of nitrogens with zero attached hydrogens (tertiary/aromatic N) is 2. The minimum absolute atomic E-state index is 0.0179. The molecule has 0 bridgehead atoms. The van der Waals surface area contributed by atoms with E-state index in [1.54, 1.807) is 23.1 Å². The minimum atomic E-state index is -0.638. The highest BCUT2D eigenvalue weighted by Crippen LogP contribution is 2.37. The van der Waals surface area contributed by atoms with E-state index in [1.165, 1.54) is 36.6 Å². The second-order valence-corrected chi connectivity index (χ2v) is 9.58. The molecule has 5 rings (SSSR count). The van der Waals surface area contributed by atoms with E-state index in [9.17, 15) is 18.8 Å². The number of fused-ring (bicyclic) bond motifs is 1. The molecule has 1 aromatic carbocycles. The SMILES string of the molecule is CC(=O)OC1CCN(C(=O)c2cc3nccc(Oc4ccc(NC(=O)NC5CC5)cc4F)c3s2)C1. The predicted octanol–water partition coefficient (Wildman–Crippen LogP) is 4.29. The number of aromatic nitrogens is 1. The number of amides is 3. The summed E-state index contributed by atoms with van der Waals surface area (Å²) in [5.41, 5.74) is 0.872. The monoisotopic (exact) mass is 498 g/mol. The molecule has 0 radical (unpaired) electrons. The first-order chi connectivity index (χ1) is 16.9. The normalized spacial score (nSPS) is 17.3. The van der Waals surface area contributed by atoms with Gasteiger partial charge in [0.2, 0.25) is 0 Å². The molecule has 0 spiro atoms. The van der Waals surface area contributed by atoms with E-state index >= 15 is 0 Å². The van der Waals surface area contributed by atoms with Crippen LogP contribution in [0, 0.1) is 5.82 Å². The number of likely N-dealkylation sites (tertiary alicyclic amines) is 1. The van der Waals surface area contributed by atoms with Crippen molar-refractivity contribution in [1.82, 2.24) is 15.2 Å². The Hall–Kier alpha value is -3.73. The van der Waals surface area contributed by atoms with Gasteiger partial charge in [-0.05, 0) is 31.0 Å². The van der Waals surface area contributed by atoms with Gasteiger partial charge in [0.1, 0.15) is 11.9 Å². The molecule has 1 aliphatic carbocycles. The quantitative estimate of drug-likeness (QED) is 0.491. The number of nitrogens with one attached hydrogen (secondary N) is 2. The molecule has 1 aliphatic heterocycles. The van der Waals surface area contributed by atoms with Crippen molar-refractivity contribution in [3.8, 4) is 11.5 Å². The lowest BCUT2D eigenvalue weighted by Gasteiger charge is -2.15. The number of anilines is 1. The number of esters is 1. The lowest BCUT2D eigenvalue weighted by molar-refractivity contribution is -0.145. The van der Waals surface area contributed by atoms with Gasteiger partial charge in [0.05, 0.1) is 21.6 Å². The summed E-state index contributed by atoms with van der Waals surface area (Å²) in [6, 6.07) is 7.29. The van der Waals surface area contributed by atoms with E-state index in [2.05, 4.69) is 15.6 Å². The van der Waals surface area contributed by atoms with Crippen molar-refractivity contribution < 1.29 is 28.2 Å². The van der Waals surface area contributed by atoms with Crippen LogP contribution in [0.25, 0.3) is 10.2 Å². The third-order valence-corrected chi connectivity index (χ3v) is 6.80. The third kappa shape index (κ3) is 5.35. The highest BCUT2D eigenvalue weighted by Gasteiger charge is 2.30. The second-order valence-electron chi connectivity index (χ2n) is 8.53. The highest BCUT2D eigenvalue weighted by atomic mass is 32.1. The Labute approximate surface area is 204 Å². The molecule has 3 amide bonds. The lowest BCUT2D eigenvalue weighted by Crippen LogP contribution is -2.30. The Balaban J connectivity index is 1.30. The van der Waals surface area contributed by atoms with Crippen molar-refractivity contribution in [2.45, 2.75) is 38.3 Å². The van der Waals surface area contributed by atoms with Gasteiger partial charge in [0.25, 0.3) is 5.91 Å². The van der Waals surface area contributed by atoms with Gasteiger partial charge in [-0.3, -0.25) is 14.6 Å². The molecule has 1 unspecified atom stereocenters. The van der Waals surface area contributed by atoms with Crippen LogP contribution in [0.5, 0.6) is 11.5 Å². The standard InChI is InChI=1S/C24H23FN4O5S/c1-13(30)33-16-7-9-29(12-16)23(31)21-11-18-22(35-21)20(6-8-26-18)34-19-5-4-15(10-17(19)25)28-24(32)27-14-2-3-14/h4-6,8,10-11,14,16H,2-3,7,9,12H2,1H3,(H2,27,28,32). The molecule has 182 valence electrons. The molecule has 2 aromatic heterocycles. The van der Waals surface area contributed by atoms with E-state index < -0.39 is 5.82 Å². The molecule has 11 heteroatoms. The number of urea groups is 1. The van der Waals surface area contributed by atoms with E-state index in [1.807, 2.05) is 0 Å². The van der Waals surface area contributed by atoms with Crippen LogP contribution < -0.4 is 15.4 Å². The summed E-state index contributed by atoms with van der Waals surface area (Å²) in [5.74, 6) is -0.838. The van der Waals surface area contributed by atoms with Crippen LogP contribution in [0.2, 0.25) is 0 Å². The molecule has 2 N–H and O–H groups in total. The number of halogens is 1. The predicted molar refractivity (Wildman–Crippen MR) is 127 cm³/mol. The zero-order valence-corrected chi connectivity index (χ0v) is 19.7. The van der Waals surface area contributed by atoms with E-state index in [0.717, 1.165) is 12.8 Å². The van der Waals surface area contributed by atoms with Gasteiger partial charge in [0.15, 0.2) is 11.6 Å². The average Bonchev–Trinajstić information content (AvgIpc) is 3.31. The zero-order chi connectivity index (χ0) is 24.5. The summed E-state index contributed by atoms with van der Waals surface area (Å²) in [4.78, 5) is 42.5. The van der Waals surface area contributed by atoms with Crippen LogP contribution in [0.15, 0.2) is 36.5 Å². The summed E-state index contributed by atoms with van der Waals surface area (Å²) in [7, 11) is 0. The molecule has 2 aliphatic rings. The molecule has 35 heavy (non-hydrogen) atoms. The Morgan fingerprint density at radius 1 is 1.14 bits per heavy atom. The van der Waals surface area contributed by atoms with Crippen molar-refractivity contribution in [1.29, 1.82) is 0 Å². The number of rotatable bonds is 6. The lowest BCUT2D eigenvalue weighted by atomic mass is 10.3. The number of carbonyl (C=O) groups excluding carboxylic acids is 3. The molecule has 1 atom stereocenters. The number of benzene rings is 1. The molecule has 2 fully saturated rings. The molecule has 3 aromatic rings. The van der Waals surface area contributed by atoms with Crippen molar-refractivity contribution in [2.24, 2.45) is 0 Å². The smallest absolute Gasteiger partial charge is 0.319 e. The van der Waals surface area contributed by atoms with Gasteiger partial charge in [0, 0.05) is 49.9 Å². The van der Waals surface area contributed by atoms with Gasteiger partial charge < -0.3 is 25.0 Å². The van der Waals surface area contributed by atoms with Gasteiger partial charge in [-0.1, -0.05) is 0 Å². The molecule has 9 nitrogen and oxygen atoms in total. The number of hydrogen-bond donors (Lipinski definition) is 2. The van der Waals surface area contributed by atoms with Crippen LogP contribution in [-0.2, 0) is 9.53 Å². The van der Waals surface area contributed by atoms with Gasteiger partial charge in [-0.25, -0.2) is 9.18 Å². The van der Waals surface area contributed by atoms with Crippen LogP contribution in [0.3, 0.4) is 0 Å². The van der Waals surface area contributed by atoms with Crippen LogP contribution in [0.1, 0.15) is 35.9 Å². The molecular formula is C24H23FN4O5S. The molecular weight excluding hydrogens is 475 g/mol. The van der Waals surface area contributed by atoms with E-state index in [0.29, 0.717) is 46.0 Å². The van der Waals surface area contributed by atoms with Crippen LogP contribution in [-0.4, -0.2) is 53.0 Å². The maximum atomic E-state index is 14.7. The van der Waals surface area contributed by atoms with Crippen molar-refractivity contribution >= 4 is 45.1 Å². The number of carbonyl (C=O) groups is 3. The Morgan fingerprint density at radius 3 is 2.71 bits per heavy atom. The first-order valence-electron chi connectivity index (χ1n) is 11.3. The fourth-order valence-corrected chi connectivity index (χ4v) is 4.89. The third-order valence-electron chi connectivity index (χ3n) is 5.67. The molecule has 1 saturated carbocycles. The summed E-state index contributed by atoms with van der Waals surface area (Å²) in [6.45, 7) is 2.18. The summed E-state index contributed by atoms with van der Waals surface area (Å²) >= 11 is 1.21. The van der Waals surface area contributed by atoms with Crippen molar-refractivity contribution in [3.05, 3.63) is 47.2 Å². The molecule has 1 saturated heterocycles. The Bertz CT molecular complexity index is 1310. The van der Waals surface area contributed by atoms with Crippen LogP contribution in [0.4, 0.5) is 14.9 Å². The van der Waals surface area contributed by atoms with Gasteiger partial charge in [-0.15, -0.1) is 11.3 Å². The maximum Gasteiger partial charge on any atom is 0.319 e. The Kier molecular flexibility index (Phi) is 6.25. The average molecular weight is 499 g/mol. The Morgan fingerprint density at radius 2 is 1.97 bits per heavy atom. The zero-order valence-electron chi connectivity index (χ0n) is 18.9. The number of thiophene rings is 1. The van der Waals surface area contributed by atoms with Crippen LogP contribution >= 0.6 is 11.3 Å². The summed E-state index contributed by atoms with van der Waals surface area (Å²) in [6.07, 6.45) is 3.73. The summed E-state index contributed by atoms with van der Waals surface area (Å²) in [5, 5.41) is 5.38. The molecule has 3 heterocycles. The number of ether oxygens (including phenoxy) is 2.